The molecule has 1 aliphatic rings. The lowest BCUT2D eigenvalue weighted by Crippen LogP contribution is -2.38. The van der Waals surface area contributed by atoms with Gasteiger partial charge in [0, 0.05) is 23.9 Å². The highest BCUT2D eigenvalue weighted by molar-refractivity contribution is 5.58. The number of ether oxygens (including phenoxy) is 1. The van der Waals surface area contributed by atoms with Gasteiger partial charge in [-0.3, -0.25) is 10.1 Å². The summed E-state index contributed by atoms with van der Waals surface area (Å²) in [4.78, 5) is 10.5. The second-order valence-electron chi connectivity index (χ2n) is 6.08. The molecule has 0 heterocycles. The molecule has 1 aliphatic carbocycles. The van der Waals surface area contributed by atoms with E-state index in [-0.39, 0.29) is 11.1 Å². The molecule has 110 valence electrons. The fourth-order valence-corrected chi connectivity index (χ4v) is 2.88. The van der Waals surface area contributed by atoms with E-state index in [1.54, 1.807) is 12.1 Å². The molecule has 0 radical (unpaired) electrons. The van der Waals surface area contributed by atoms with E-state index in [0.717, 1.165) is 12.1 Å². The van der Waals surface area contributed by atoms with Crippen LogP contribution in [0.15, 0.2) is 18.2 Å². The van der Waals surface area contributed by atoms with E-state index in [1.165, 1.54) is 32.4 Å². The number of nitrogens with zero attached hydrogens (tertiary/aromatic N) is 1. The summed E-state index contributed by atoms with van der Waals surface area (Å²) in [7, 11) is 1.46. The molecule has 0 bridgehead atoms. The van der Waals surface area contributed by atoms with Gasteiger partial charge in [0.25, 0.3) is 0 Å². The van der Waals surface area contributed by atoms with Crippen molar-refractivity contribution in [3.8, 4) is 5.75 Å². The zero-order valence-corrected chi connectivity index (χ0v) is 12.3. The first-order valence-corrected chi connectivity index (χ1v) is 7.03. The summed E-state index contributed by atoms with van der Waals surface area (Å²) in [6, 6.07) is 5.35. The van der Waals surface area contributed by atoms with Crippen molar-refractivity contribution in [1.29, 1.82) is 0 Å². The highest BCUT2D eigenvalue weighted by Gasteiger charge is 2.32. The van der Waals surface area contributed by atoms with Crippen molar-refractivity contribution >= 4 is 11.4 Å². The molecule has 0 aromatic heterocycles. The van der Waals surface area contributed by atoms with Gasteiger partial charge in [-0.25, -0.2) is 0 Å². The van der Waals surface area contributed by atoms with Crippen LogP contribution in [0, 0.1) is 15.5 Å². The molecule has 1 atom stereocenters. The quantitative estimate of drug-likeness (QED) is 0.668. The minimum atomic E-state index is -0.423. The molecule has 1 aromatic carbocycles. The normalized spacial score (nSPS) is 21.2. The third-order valence-electron chi connectivity index (χ3n) is 4.22. The zero-order chi connectivity index (χ0) is 14.8. The van der Waals surface area contributed by atoms with Gasteiger partial charge in [0.2, 0.25) is 0 Å². The molecule has 0 saturated heterocycles. The van der Waals surface area contributed by atoms with Crippen molar-refractivity contribution in [3.05, 3.63) is 28.3 Å². The van der Waals surface area contributed by atoms with Crippen LogP contribution >= 0.6 is 0 Å². The number of hydrogen-bond donors (Lipinski definition) is 1. The summed E-state index contributed by atoms with van der Waals surface area (Å²) < 4.78 is 5.11. The van der Waals surface area contributed by atoms with E-state index in [9.17, 15) is 10.1 Å². The number of anilines is 1. The number of hydrogen-bond acceptors (Lipinski definition) is 4. The third kappa shape index (κ3) is 3.03. The maximum atomic E-state index is 10.9. The average molecular weight is 278 g/mol. The Morgan fingerprint density at radius 3 is 2.75 bits per heavy atom. The summed E-state index contributed by atoms with van der Waals surface area (Å²) in [6.07, 6.45) is 4.83. The topological polar surface area (TPSA) is 64.4 Å². The van der Waals surface area contributed by atoms with Crippen molar-refractivity contribution in [2.24, 2.45) is 5.41 Å². The number of nitrogens with one attached hydrogen (secondary N) is 1. The summed E-state index contributed by atoms with van der Waals surface area (Å²) in [5.41, 5.74) is 1.13. The zero-order valence-electron chi connectivity index (χ0n) is 12.3. The molecule has 0 spiro atoms. The van der Waals surface area contributed by atoms with Crippen LogP contribution in [0.3, 0.4) is 0 Å². The largest absolute Gasteiger partial charge is 0.490 e. The van der Waals surface area contributed by atoms with Crippen LogP contribution in [0.4, 0.5) is 11.4 Å². The number of rotatable bonds is 4. The molecule has 5 nitrogen and oxygen atoms in total. The third-order valence-corrected chi connectivity index (χ3v) is 4.22. The maximum absolute atomic E-state index is 10.9. The van der Waals surface area contributed by atoms with Gasteiger partial charge in [-0.1, -0.05) is 26.7 Å². The molecule has 1 unspecified atom stereocenters. The van der Waals surface area contributed by atoms with E-state index < -0.39 is 4.92 Å². The molecule has 1 aromatic rings. The van der Waals surface area contributed by atoms with E-state index in [1.807, 2.05) is 0 Å². The van der Waals surface area contributed by atoms with Gasteiger partial charge in [0.15, 0.2) is 5.75 Å². The summed E-state index contributed by atoms with van der Waals surface area (Å²) in [6.45, 7) is 4.54. The predicted molar refractivity (Wildman–Crippen MR) is 79.3 cm³/mol. The summed E-state index contributed by atoms with van der Waals surface area (Å²) >= 11 is 0. The van der Waals surface area contributed by atoms with Gasteiger partial charge in [-0.15, -0.1) is 0 Å². The smallest absolute Gasteiger partial charge is 0.311 e. The molecule has 2 rings (SSSR count). The minimum absolute atomic E-state index is 0.000884. The van der Waals surface area contributed by atoms with Gasteiger partial charge in [-0.2, -0.15) is 0 Å². The molecular formula is C15H22N2O3. The second-order valence-corrected chi connectivity index (χ2v) is 6.08. The highest BCUT2D eigenvalue weighted by atomic mass is 16.6. The molecule has 1 N–H and O–H groups in total. The van der Waals surface area contributed by atoms with Crippen LogP contribution in [0.25, 0.3) is 0 Å². The van der Waals surface area contributed by atoms with Crippen LogP contribution in [0.2, 0.25) is 0 Å². The molecule has 0 amide bonds. The number of nitro benzene ring substituents is 1. The van der Waals surface area contributed by atoms with Crippen molar-refractivity contribution < 1.29 is 9.66 Å². The number of benzene rings is 1. The monoisotopic (exact) mass is 278 g/mol. The van der Waals surface area contributed by atoms with Crippen LogP contribution < -0.4 is 10.1 Å². The molecule has 1 fully saturated rings. The predicted octanol–water partition coefficient (Wildman–Crippen LogP) is 3.98. The Hall–Kier alpha value is -1.78. The fourth-order valence-electron chi connectivity index (χ4n) is 2.88. The van der Waals surface area contributed by atoms with Crippen LogP contribution in [-0.4, -0.2) is 18.1 Å². The molecule has 5 heteroatoms. The number of methoxy groups -OCH3 is 1. The Morgan fingerprint density at radius 2 is 2.15 bits per heavy atom. The maximum Gasteiger partial charge on any atom is 0.311 e. The number of nitro groups is 1. The van der Waals surface area contributed by atoms with Gasteiger partial charge < -0.3 is 10.1 Å². The molecule has 20 heavy (non-hydrogen) atoms. The Bertz CT molecular complexity index is 500. The van der Waals surface area contributed by atoms with Crippen molar-refractivity contribution in [2.75, 3.05) is 12.4 Å². The molecular weight excluding hydrogens is 256 g/mol. The lowest BCUT2D eigenvalue weighted by atomic mass is 9.73. The first-order chi connectivity index (χ1) is 9.44. The first kappa shape index (κ1) is 14.6. The van der Waals surface area contributed by atoms with Crippen LogP contribution in [0.5, 0.6) is 5.75 Å². The Morgan fingerprint density at radius 1 is 1.40 bits per heavy atom. The van der Waals surface area contributed by atoms with Crippen molar-refractivity contribution in [1.82, 2.24) is 0 Å². The Labute approximate surface area is 119 Å². The first-order valence-electron chi connectivity index (χ1n) is 7.03. The lowest BCUT2D eigenvalue weighted by Gasteiger charge is -2.39. The minimum Gasteiger partial charge on any atom is -0.490 e. The summed E-state index contributed by atoms with van der Waals surface area (Å²) in [5.74, 6) is 0.300. The van der Waals surface area contributed by atoms with Crippen molar-refractivity contribution in [3.63, 3.8) is 0 Å². The second kappa shape index (κ2) is 5.69. The van der Waals surface area contributed by atoms with Crippen LogP contribution in [-0.2, 0) is 0 Å². The van der Waals surface area contributed by atoms with Gasteiger partial charge in [0.1, 0.15) is 0 Å². The van der Waals surface area contributed by atoms with Gasteiger partial charge >= 0.3 is 5.69 Å². The van der Waals surface area contributed by atoms with E-state index in [2.05, 4.69) is 19.2 Å². The van der Waals surface area contributed by atoms with Crippen LogP contribution in [0.1, 0.15) is 39.5 Å². The average Bonchev–Trinajstić information content (AvgIpc) is 2.40. The van der Waals surface area contributed by atoms with Crippen molar-refractivity contribution in [2.45, 2.75) is 45.6 Å². The highest BCUT2D eigenvalue weighted by Crippen LogP contribution is 2.38. The van der Waals surface area contributed by atoms with Gasteiger partial charge in [-0.05, 0) is 24.3 Å². The Kier molecular flexibility index (Phi) is 4.16. The molecule has 1 saturated carbocycles. The van der Waals surface area contributed by atoms with E-state index in [4.69, 9.17) is 4.74 Å². The fraction of sp³-hybridized carbons (Fsp3) is 0.600. The van der Waals surface area contributed by atoms with E-state index in [0.29, 0.717) is 11.8 Å². The Balaban J connectivity index is 2.19. The standard InChI is InChI=1S/C15H22N2O3/c1-15(2)9-5-4-6-14(15)16-11-7-8-12(17(18)19)13(10-11)20-3/h7-8,10,14,16H,4-6,9H2,1-3H3. The SMILES string of the molecule is COc1cc(NC2CCCCC2(C)C)ccc1[N+](=O)[O-]. The lowest BCUT2D eigenvalue weighted by molar-refractivity contribution is -0.385. The van der Waals surface area contributed by atoms with Gasteiger partial charge in [0.05, 0.1) is 12.0 Å². The summed E-state index contributed by atoms with van der Waals surface area (Å²) in [5, 5.41) is 14.4. The molecule has 0 aliphatic heterocycles. The van der Waals surface area contributed by atoms with E-state index >= 15 is 0 Å².